The van der Waals surface area contributed by atoms with Crippen molar-refractivity contribution in [1.29, 1.82) is 0 Å². The van der Waals surface area contributed by atoms with Gasteiger partial charge >= 0.3 is 0 Å². The van der Waals surface area contributed by atoms with Crippen LogP contribution in [0, 0.1) is 0 Å². The summed E-state index contributed by atoms with van der Waals surface area (Å²) in [4.78, 5) is 0. The molecule has 0 saturated carbocycles. The van der Waals surface area contributed by atoms with Crippen LogP contribution in [-0.2, 0) is 6.61 Å². The molecule has 2 aromatic rings. The largest absolute Gasteiger partial charge is 0.497 e. The first-order chi connectivity index (χ1) is 9.74. The van der Waals surface area contributed by atoms with Gasteiger partial charge in [0.05, 0.1) is 12.8 Å². The lowest BCUT2D eigenvalue weighted by Gasteiger charge is -2.11. The first-order valence-electron chi connectivity index (χ1n) is 6.28. The number of para-hydroxylation sites is 1. The van der Waals surface area contributed by atoms with Crippen LogP contribution in [0.1, 0.15) is 18.1 Å². The Morgan fingerprint density at radius 1 is 1.15 bits per heavy atom. The highest BCUT2D eigenvalue weighted by Crippen LogP contribution is 2.21. The van der Waals surface area contributed by atoms with E-state index >= 15 is 0 Å². The fourth-order valence-corrected chi connectivity index (χ4v) is 1.87. The Morgan fingerprint density at radius 2 is 1.95 bits per heavy atom. The van der Waals surface area contributed by atoms with Gasteiger partial charge in [-0.05, 0) is 36.8 Å². The van der Waals surface area contributed by atoms with Crippen molar-refractivity contribution in [2.45, 2.75) is 13.5 Å². The van der Waals surface area contributed by atoms with Gasteiger partial charge in [-0.25, -0.2) is 0 Å². The van der Waals surface area contributed by atoms with Gasteiger partial charge in [0.2, 0.25) is 0 Å². The standard InChI is InChI=1S/C16H17NO3/c1-12(17-18)15-8-3-4-9-16(15)20-11-13-6-5-7-14(10-13)19-2/h3-10,18H,11H2,1-2H3/b17-12+. The number of methoxy groups -OCH3 is 1. The number of ether oxygens (including phenoxy) is 2. The van der Waals surface area contributed by atoms with Crippen molar-refractivity contribution >= 4 is 5.71 Å². The summed E-state index contributed by atoms with van der Waals surface area (Å²) < 4.78 is 11.0. The van der Waals surface area contributed by atoms with Gasteiger partial charge in [-0.2, -0.15) is 0 Å². The first-order valence-corrected chi connectivity index (χ1v) is 6.28. The van der Waals surface area contributed by atoms with Gasteiger partial charge in [-0.1, -0.05) is 29.4 Å². The number of hydrogen-bond donors (Lipinski definition) is 1. The SMILES string of the molecule is COc1cccc(COc2ccccc2/C(C)=N/O)c1. The topological polar surface area (TPSA) is 51.0 Å². The molecule has 0 fully saturated rings. The summed E-state index contributed by atoms with van der Waals surface area (Å²) in [5.41, 5.74) is 2.31. The monoisotopic (exact) mass is 271 g/mol. The number of nitrogens with zero attached hydrogens (tertiary/aromatic N) is 1. The predicted octanol–water partition coefficient (Wildman–Crippen LogP) is 3.47. The summed E-state index contributed by atoms with van der Waals surface area (Å²) in [7, 11) is 1.64. The highest BCUT2D eigenvalue weighted by atomic mass is 16.5. The zero-order chi connectivity index (χ0) is 14.4. The van der Waals surface area contributed by atoms with Crippen LogP contribution < -0.4 is 9.47 Å². The minimum absolute atomic E-state index is 0.424. The Labute approximate surface area is 118 Å². The lowest BCUT2D eigenvalue weighted by atomic mass is 10.1. The lowest BCUT2D eigenvalue weighted by Crippen LogP contribution is -2.02. The van der Waals surface area contributed by atoms with Crippen LogP contribution in [0.25, 0.3) is 0 Å². The van der Waals surface area contributed by atoms with E-state index < -0.39 is 0 Å². The molecule has 0 radical (unpaired) electrons. The fourth-order valence-electron chi connectivity index (χ4n) is 1.87. The highest BCUT2D eigenvalue weighted by Gasteiger charge is 2.07. The molecule has 2 aromatic carbocycles. The van der Waals surface area contributed by atoms with Crippen LogP contribution in [0.2, 0.25) is 0 Å². The molecule has 0 heterocycles. The third kappa shape index (κ3) is 3.29. The van der Waals surface area contributed by atoms with E-state index in [1.807, 2.05) is 48.5 Å². The quantitative estimate of drug-likeness (QED) is 0.514. The summed E-state index contributed by atoms with van der Waals surface area (Å²) >= 11 is 0. The molecule has 104 valence electrons. The Morgan fingerprint density at radius 3 is 2.70 bits per heavy atom. The van der Waals surface area contributed by atoms with Crippen LogP contribution in [-0.4, -0.2) is 18.0 Å². The zero-order valence-electron chi connectivity index (χ0n) is 11.5. The number of rotatable bonds is 5. The van der Waals surface area contributed by atoms with Crippen molar-refractivity contribution < 1.29 is 14.7 Å². The van der Waals surface area contributed by atoms with E-state index in [0.717, 1.165) is 16.9 Å². The summed E-state index contributed by atoms with van der Waals surface area (Å²) in [6.45, 7) is 2.15. The van der Waals surface area contributed by atoms with Gasteiger partial charge in [-0.3, -0.25) is 0 Å². The average molecular weight is 271 g/mol. The maximum absolute atomic E-state index is 8.88. The van der Waals surface area contributed by atoms with Crippen LogP contribution in [0.5, 0.6) is 11.5 Å². The summed E-state index contributed by atoms with van der Waals surface area (Å²) in [5.74, 6) is 1.48. The van der Waals surface area contributed by atoms with Crippen molar-refractivity contribution in [2.24, 2.45) is 5.16 Å². The van der Waals surface area contributed by atoms with Crippen LogP contribution in [0.15, 0.2) is 53.7 Å². The van der Waals surface area contributed by atoms with Crippen molar-refractivity contribution in [3.63, 3.8) is 0 Å². The molecule has 0 unspecified atom stereocenters. The van der Waals surface area contributed by atoms with Crippen molar-refractivity contribution in [1.82, 2.24) is 0 Å². The molecule has 0 aliphatic carbocycles. The van der Waals surface area contributed by atoms with E-state index in [-0.39, 0.29) is 0 Å². The van der Waals surface area contributed by atoms with Crippen LogP contribution >= 0.6 is 0 Å². The summed E-state index contributed by atoms with van der Waals surface area (Å²) in [6, 6.07) is 15.2. The second-order valence-electron chi connectivity index (χ2n) is 4.32. The molecule has 0 bridgehead atoms. The van der Waals surface area contributed by atoms with Crippen molar-refractivity contribution in [3.05, 3.63) is 59.7 Å². The minimum Gasteiger partial charge on any atom is -0.497 e. The molecule has 0 amide bonds. The third-order valence-electron chi connectivity index (χ3n) is 2.96. The minimum atomic E-state index is 0.424. The Kier molecular flexibility index (Phi) is 4.60. The molecule has 20 heavy (non-hydrogen) atoms. The Balaban J connectivity index is 2.14. The molecule has 0 atom stereocenters. The molecule has 1 N–H and O–H groups in total. The van der Waals surface area contributed by atoms with E-state index in [9.17, 15) is 0 Å². The molecule has 0 saturated heterocycles. The highest BCUT2D eigenvalue weighted by molar-refractivity contribution is 6.00. The van der Waals surface area contributed by atoms with Gasteiger partial charge < -0.3 is 14.7 Å². The second kappa shape index (κ2) is 6.61. The third-order valence-corrected chi connectivity index (χ3v) is 2.96. The van der Waals surface area contributed by atoms with E-state index in [1.54, 1.807) is 14.0 Å². The van der Waals surface area contributed by atoms with Crippen LogP contribution in [0.3, 0.4) is 0 Å². The number of benzene rings is 2. The molecule has 4 nitrogen and oxygen atoms in total. The van der Waals surface area contributed by atoms with E-state index in [4.69, 9.17) is 14.7 Å². The van der Waals surface area contributed by atoms with Crippen molar-refractivity contribution in [2.75, 3.05) is 7.11 Å². The maximum Gasteiger partial charge on any atom is 0.128 e. The van der Waals surface area contributed by atoms with Gasteiger partial charge in [0.25, 0.3) is 0 Å². The molecule has 0 aliphatic heterocycles. The zero-order valence-corrected chi connectivity index (χ0v) is 11.5. The van der Waals surface area contributed by atoms with Gasteiger partial charge in [0.1, 0.15) is 18.1 Å². The smallest absolute Gasteiger partial charge is 0.128 e. The van der Waals surface area contributed by atoms with E-state index in [1.165, 1.54) is 0 Å². The fraction of sp³-hybridized carbons (Fsp3) is 0.188. The Bertz CT molecular complexity index is 608. The van der Waals surface area contributed by atoms with Gasteiger partial charge in [0, 0.05) is 5.56 Å². The predicted molar refractivity (Wildman–Crippen MR) is 77.8 cm³/mol. The molecule has 2 rings (SSSR count). The molecule has 4 heteroatoms. The second-order valence-corrected chi connectivity index (χ2v) is 4.32. The molecule has 0 aliphatic rings. The maximum atomic E-state index is 8.88. The number of oxime groups is 1. The first kappa shape index (κ1) is 13.9. The summed E-state index contributed by atoms with van der Waals surface area (Å²) in [5, 5.41) is 12.1. The van der Waals surface area contributed by atoms with Gasteiger partial charge in [-0.15, -0.1) is 0 Å². The van der Waals surface area contributed by atoms with Gasteiger partial charge in [0.15, 0.2) is 0 Å². The number of hydrogen-bond acceptors (Lipinski definition) is 4. The molecule has 0 spiro atoms. The van der Waals surface area contributed by atoms with E-state index in [2.05, 4.69) is 5.16 Å². The van der Waals surface area contributed by atoms with Crippen molar-refractivity contribution in [3.8, 4) is 11.5 Å². The lowest BCUT2D eigenvalue weighted by molar-refractivity contribution is 0.302. The van der Waals surface area contributed by atoms with E-state index in [0.29, 0.717) is 18.1 Å². The Hall–Kier alpha value is -2.49. The molecular weight excluding hydrogens is 254 g/mol. The summed E-state index contributed by atoms with van der Waals surface area (Å²) in [6.07, 6.45) is 0. The molecule has 0 aromatic heterocycles. The van der Waals surface area contributed by atoms with Crippen LogP contribution in [0.4, 0.5) is 0 Å². The molecular formula is C16H17NO3. The normalized spacial score (nSPS) is 11.2. The average Bonchev–Trinajstić information content (AvgIpc) is 2.52.